The molecule has 6 nitrogen and oxygen atoms in total. The van der Waals surface area contributed by atoms with Crippen molar-refractivity contribution >= 4 is 17.0 Å². The van der Waals surface area contributed by atoms with Crippen LogP contribution in [0, 0.1) is 0 Å². The molecule has 2 aliphatic rings. The molecule has 2 heterocycles. The minimum atomic E-state index is -0.397. The van der Waals surface area contributed by atoms with Crippen molar-refractivity contribution in [1.82, 2.24) is 15.5 Å². The molecule has 1 amide bonds. The fraction of sp³-hybridized carbons (Fsp3) is 0.333. The number of amides is 1. The summed E-state index contributed by atoms with van der Waals surface area (Å²) in [4.78, 5) is 11.9. The molecule has 138 valence electrons. The average molecular weight is 363 g/mol. The Balaban J connectivity index is 1.62. The van der Waals surface area contributed by atoms with Crippen molar-refractivity contribution in [3.05, 3.63) is 47.5 Å². The van der Waals surface area contributed by atoms with Gasteiger partial charge in [0.2, 0.25) is 0 Å². The first kappa shape index (κ1) is 16.2. The fourth-order valence-electron chi connectivity index (χ4n) is 3.55. The Labute approximate surface area is 156 Å². The zero-order valence-corrected chi connectivity index (χ0v) is 15.0. The van der Waals surface area contributed by atoms with Gasteiger partial charge in [0.25, 0.3) is 0 Å². The topological polar surface area (TPSA) is 76.2 Å². The summed E-state index contributed by atoms with van der Waals surface area (Å²) in [5, 5.41) is 11.5. The number of fused-ring (bicyclic) bond motifs is 4. The third kappa shape index (κ3) is 3.35. The van der Waals surface area contributed by atoms with Crippen LogP contribution < -0.4 is 10.1 Å². The van der Waals surface area contributed by atoms with E-state index in [0.717, 1.165) is 33.5 Å². The van der Waals surface area contributed by atoms with E-state index in [-0.39, 0.29) is 6.61 Å². The third-order valence-electron chi connectivity index (χ3n) is 5.10. The number of benzene rings is 2. The summed E-state index contributed by atoms with van der Waals surface area (Å²) in [5.74, 6) is 1.41. The number of hydrogen-bond donors (Lipinski definition) is 2. The normalized spacial score (nSPS) is 17.6. The van der Waals surface area contributed by atoms with Gasteiger partial charge in [-0.15, -0.1) is 0 Å². The van der Waals surface area contributed by atoms with Crippen LogP contribution in [0.4, 0.5) is 4.79 Å². The second kappa shape index (κ2) is 6.61. The van der Waals surface area contributed by atoms with E-state index in [0.29, 0.717) is 25.5 Å². The lowest BCUT2D eigenvalue weighted by molar-refractivity contribution is 0.139. The minimum absolute atomic E-state index is 0.253. The van der Waals surface area contributed by atoms with Crippen LogP contribution in [-0.4, -0.2) is 29.4 Å². The van der Waals surface area contributed by atoms with Gasteiger partial charge in [-0.3, -0.25) is 5.10 Å². The molecule has 0 saturated heterocycles. The van der Waals surface area contributed by atoms with Crippen LogP contribution in [0.1, 0.15) is 36.3 Å². The number of cyclic esters (lactones) is 1. The maximum Gasteiger partial charge on any atom is 0.407 e. The molecule has 0 radical (unpaired) electrons. The highest BCUT2D eigenvalue weighted by molar-refractivity contribution is 5.94. The van der Waals surface area contributed by atoms with Crippen molar-refractivity contribution in [3.63, 3.8) is 0 Å². The molecule has 3 aromatic rings. The highest BCUT2D eigenvalue weighted by atomic mass is 16.5. The zero-order valence-electron chi connectivity index (χ0n) is 15.0. The largest absolute Gasteiger partial charge is 0.494 e. The molecule has 0 spiro atoms. The lowest BCUT2D eigenvalue weighted by atomic mass is 9.99. The van der Waals surface area contributed by atoms with Crippen molar-refractivity contribution in [3.8, 4) is 17.0 Å². The van der Waals surface area contributed by atoms with Crippen LogP contribution >= 0.6 is 0 Å². The number of H-pyrrole nitrogens is 1. The summed E-state index contributed by atoms with van der Waals surface area (Å²) in [6.45, 7) is 1.30. The predicted octanol–water partition coefficient (Wildman–Crippen LogP) is 4.12. The van der Waals surface area contributed by atoms with E-state index in [1.54, 1.807) is 0 Å². The number of ether oxygens (including phenoxy) is 2. The minimum Gasteiger partial charge on any atom is -0.494 e. The van der Waals surface area contributed by atoms with Crippen LogP contribution in [0.15, 0.2) is 36.4 Å². The molecule has 1 aliphatic heterocycles. The van der Waals surface area contributed by atoms with Gasteiger partial charge in [0.1, 0.15) is 18.1 Å². The Kier molecular flexibility index (Phi) is 3.96. The number of aromatic amines is 1. The summed E-state index contributed by atoms with van der Waals surface area (Å²) < 4.78 is 11.2. The molecular weight excluding hydrogens is 342 g/mol. The zero-order chi connectivity index (χ0) is 18.2. The summed E-state index contributed by atoms with van der Waals surface area (Å²) in [6.07, 6.45) is 2.74. The second-order valence-electron chi connectivity index (χ2n) is 7.22. The molecule has 0 atom stereocenters. The van der Waals surface area contributed by atoms with Gasteiger partial charge in [-0.2, -0.15) is 5.10 Å². The number of rotatable bonds is 1. The van der Waals surface area contributed by atoms with E-state index < -0.39 is 6.09 Å². The van der Waals surface area contributed by atoms with Gasteiger partial charge >= 0.3 is 6.09 Å². The molecule has 1 aromatic heterocycles. The number of carbonyl (C=O) groups is 1. The first-order valence-electron chi connectivity index (χ1n) is 9.42. The number of aromatic nitrogens is 2. The quantitative estimate of drug-likeness (QED) is 0.682. The van der Waals surface area contributed by atoms with E-state index in [1.165, 1.54) is 18.4 Å². The van der Waals surface area contributed by atoms with Crippen LogP contribution in [-0.2, 0) is 11.3 Å². The molecule has 1 saturated carbocycles. The molecular formula is C21H21N3O3. The predicted molar refractivity (Wildman–Crippen MR) is 102 cm³/mol. The molecule has 27 heavy (non-hydrogen) atoms. The molecule has 1 fully saturated rings. The average Bonchev–Trinajstić information content (AvgIpc) is 3.45. The van der Waals surface area contributed by atoms with Crippen molar-refractivity contribution in [1.29, 1.82) is 0 Å². The SMILES string of the molecule is O=C1NCCCOc2ccc3[nH]nc(c3c2)-c2cc(cc(C3CC3)c2)CO1. The standard InChI is InChI=1S/C21H21N3O3/c25-21-22-6-1-7-26-17-4-5-19-18(11-17)20(24-23-19)16-9-13(12-27-21)8-15(10-16)14-2-3-14/h4-5,8-11,14H,1-3,6-7,12H2,(H,22,25)(H,23,24). The Morgan fingerprint density at radius 3 is 2.89 bits per heavy atom. The third-order valence-corrected chi connectivity index (χ3v) is 5.10. The summed E-state index contributed by atoms with van der Waals surface area (Å²) in [6, 6.07) is 12.4. The van der Waals surface area contributed by atoms with Crippen molar-refractivity contribution in [2.45, 2.75) is 31.8 Å². The van der Waals surface area contributed by atoms with Gasteiger partial charge < -0.3 is 14.8 Å². The van der Waals surface area contributed by atoms with Gasteiger partial charge in [0.15, 0.2) is 0 Å². The Bertz CT molecular complexity index is 1010. The van der Waals surface area contributed by atoms with E-state index in [9.17, 15) is 4.79 Å². The highest BCUT2D eigenvalue weighted by Gasteiger charge is 2.25. The van der Waals surface area contributed by atoms with Crippen molar-refractivity contribution in [2.24, 2.45) is 0 Å². The summed E-state index contributed by atoms with van der Waals surface area (Å²) in [7, 11) is 0. The lowest BCUT2D eigenvalue weighted by Crippen LogP contribution is -2.26. The highest BCUT2D eigenvalue weighted by Crippen LogP contribution is 2.42. The first-order chi connectivity index (χ1) is 13.3. The number of nitrogens with zero attached hydrogens (tertiary/aromatic N) is 1. The van der Waals surface area contributed by atoms with E-state index >= 15 is 0 Å². The van der Waals surface area contributed by atoms with Crippen molar-refractivity contribution < 1.29 is 14.3 Å². The lowest BCUT2D eigenvalue weighted by Gasteiger charge is -2.10. The maximum atomic E-state index is 11.9. The van der Waals surface area contributed by atoms with E-state index in [2.05, 4.69) is 33.7 Å². The van der Waals surface area contributed by atoms with Crippen molar-refractivity contribution in [2.75, 3.05) is 13.2 Å². The number of carbonyl (C=O) groups excluding carboxylic acids is 1. The molecule has 2 aromatic carbocycles. The van der Waals surface area contributed by atoms with Crippen LogP contribution in [0.2, 0.25) is 0 Å². The number of alkyl carbamates (subject to hydrolysis) is 1. The van der Waals surface area contributed by atoms with Gasteiger partial charge in [-0.1, -0.05) is 6.07 Å². The van der Waals surface area contributed by atoms with Crippen LogP contribution in [0.5, 0.6) is 5.75 Å². The number of hydrogen-bond acceptors (Lipinski definition) is 4. The Morgan fingerprint density at radius 2 is 2.00 bits per heavy atom. The fourth-order valence-corrected chi connectivity index (χ4v) is 3.55. The molecule has 2 N–H and O–H groups in total. The maximum absolute atomic E-state index is 11.9. The summed E-state index contributed by atoms with van der Waals surface area (Å²) >= 11 is 0. The summed E-state index contributed by atoms with van der Waals surface area (Å²) in [5.41, 5.74) is 5.20. The van der Waals surface area contributed by atoms with Gasteiger partial charge in [0.05, 0.1) is 12.1 Å². The van der Waals surface area contributed by atoms with Crippen LogP contribution in [0.3, 0.4) is 0 Å². The second-order valence-corrected chi connectivity index (χ2v) is 7.22. The van der Waals surface area contributed by atoms with Gasteiger partial charge in [-0.05, 0) is 66.6 Å². The molecule has 4 bridgehead atoms. The van der Waals surface area contributed by atoms with E-state index in [4.69, 9.17) is 9.47 Å². The Morgan fingerprint density at radius 1 is 1.07 bits per heavy atom. The monoisotopic (exact) mass is 363 g/mol. The Hall–Kier alpha value is -3.02. The number of nitrogens with one attached hydrogen (secondary N) is 2. The van der Waals surface area contributed by atoms with Gasteiger partial charge in [0, 0.05) is 17.5 Å². The smallest absolute Gasteiger partial charge is 0.407 e. The van der Waals surface area contributed by atoms with E-state index in [1.807, 2.05) is 18.2 Å². The first-order valence-corrected chi connectivity index (χ1v) is 9.42. The van der Waals surface area contributed by atoms with Gasteiger partial charge in [-0.25, -0.2) is 4.79 Å². The molecule has 1 aliphatic carbocycles. The molecule has 0 unspecified atom stereocenters. The molecule has 5 rings (SSSR count). The molecule has 6 heteroatoms. The van der Waals surface area contributed by atoms with Crippen LogP contribution in [0.25, 0.3) is 22.2 Å².